The van der Waals surface area contributed by atoms with E-state index in [1.807, 2.05) is 0 Å². The van der Waals surface area contributed by atoms with Gasteiger partial charge >= 0.3 is 6.16 Å². The molecule has 0 heterocycles. The third-order valence-electron chi connectivity index (χ3n) is 3.41. The molecule has 0 spiro atoms. The average molecular weight is 427 g/mol. The summed E-state index contributed by atoms with van der Waals surface area (Å²) in [6.45, 7) is 1.96. The lowest BCUT2D eigenvalue weighted by Gasteiger charge is -2.09. The van der Waals surface area contributed by atoms with Gasteiger partial charge in [0, 0.05) is 23.7 Å². The third-order valence-corrected chi connectivity index (χ3v) is 5.14. The van der Waals surface area contributed by atoms with Crippen LogP contribution in [0.1, 0.15) is 17.3 Å². The van der Waals surface area contributed by atoms with Crippen molar-refractivity contribution in [1.82, 2.24) is 10.0 Å². The highest BCUT2D eigenvalue weighted by molar-refractivity contribution is 7.89. The molecule has 0 unspecified atom stereocenters. The number of benzene rings is 2. The van der Waals surface area contributed by atoms with Gasteiger partial charge in [-0.2, -0.15) is 0 Å². The van der Waals surface area contributed by atoms with Gasteiger partial charge in [-0.1, -0.05) is 11.6 Å². The van der Waals surface area contributed by atoms with Gasteiger partial charge in [-0.05, 0) is 55.5 Å². The van der Waals surface area contributed by atoms with Gasteiger partial charge < -0.3 is 14.8 Å². The van der Waals surface area contributed by atoms with Crippen LogP contribution in [-0.2, 0) is 14.8 Å². The van der Waals surface area contributed by atoms with Gasteiger partial charge in [0.05, 0.1) is 11.5 Å². The molecule has 150 valence electrons. The predicted molar refractivity (Wildman–Crippen MR) is 103 cm³/mol. The fraction of sp³-hybridized carbons (Fsp3) is 0.222. The van der Waals surface area contributed by atoms with Gasteiger partial charge in [0.1, 0.15) is 5.75 Å². The minimum atomic E-state index is -3.68. The highest BCUT2D eigenvalue weighted by Gasteiger charge is 2.13. The predicted octanol–water partition coefficient (Wildman–Crippen LogP) is 2.58. The Morgan fingerprint density at radius 3 is 2.25 bits per heavy atom. The SMILES string of the molecule is CCOC(=O)Oc1ccc(C(=O)NCCNS(=O)(=O)c2ccc(Cl)cc2)cc1. The zero-order chi connectivity index (χ0) is 20.6. The largest absolute Gasteiger partial charge is 0.513 e. The Labute approximate surface area is 167 Å². The zero-order valence-corrected chi connectivity index (χ0v) is 16.5. The van der Waals surface area contributed by atoms with Crippen molar-refractivity contribution in [2.75, 3.05) is 19.7 Å². The number of halogens is 1. The van der Waals surface area contributed by atoms with Crippen LogP contribution in [0, 0.1) is 0 Å². The van der Waals surface area contributed by atoms with E-state index < -0.39 is 22.1 Å². The minimum absolute atomic E-state index is 0.0146. The lowest BCUT2D eigenvalue weighted by atomic mass is 10.2. The molecule has 0 saturated carbocycles. The van der Waals surface area contributed by atoms with Gasteiger partial charge in [-0.3, -0.25) is 4.79 Å². The second-order valence-corrected chi connectivity index (χ2v) is 7.62. The number of carbonyl (C=O) groups excluding carboxylic acids is 2. The Hall–Kier alpha value is -2.62. The van der Waals surface area contributed by atoms with E-state index >= 15 is 0 Å². The Kier molecular flexibility index (Phi) is 7.80. The first-order chi connectivity index (χ1) is 13.3. The van der Waals surface area contributed by atoms with Gasteiger partial charge in [-0.15, -0.1) is 0 Å². The molecule has 8 nitrogen and oxygen atoms in total. The van der Waals surface area contributed by atoms with Crippen LogP contribution in [0.3, 0.4) is 0 Å². The first-order valence-corrected chi connectivity index (χ1v) is 10.2. The summed E-state index contributed by atoms with van der Waals surface area (Å²) in [5.41, 5.74) is 0.330. The summed E-state index contributed by atoms with van der Waals surface area (Å²) in [6.07, 6.45) is -0.826. The molecule has 2 aromatic carbocycles. The molecule has 0 atom stereocenters. The van der Waals surface area contributed by atoms with Crippen molar-refractivity contribution in [3.63, 3.8) is 0 Å². The highest BCUT2D eigenvalue weighted by atomic mass is 35.5. The van der Waals surface area contributed by atoms with Crippen LogP contribution in [0.15, 0.2) is 53.4 Å². The number of sulfonamides is 1. The average Bonchev–Trinajstić information content (AvgIpc) is 2.66. The number of nitrogens with one attached hydrogen (secondary N) is 2. The van der Waals surface area contributed by atoms with Crippen LogP contribution in [0.5, 0.6) is 5.75 Å². The van der Waals surface area contributed by atoms with Crippen LogP contribution in [-0.4, -0.2) is 40.2 Å². The lowest BCUT2D eigenvalue weighted by molar-refractivity contribution is 0.0954. The molecule has 0 radical (unpaired) electrons. The van der Waals surface area contributed by atoms with Gasteiger partial charge in [0.15, 0.2) is 0 Å². The molecule has 0 bridgehead atoms. The summed E-state index contributed by atoms with van der Waals surface area (Å²) in [6, 6.07) is 11.6. The molecule has 0 saturated heterocycles. The molecular weight excluding hydrogens is 408 g/mol. The smallest absolute Gasteiger partial charge is 0.434 e. The van der Waals surface area contributed by atoms with Gasteiger partial charge in [0.2, 0.25) is 10.0 Å². The second-order valence-electron chi connectivity index (χ2n) is 5.42. The van der Waals surface area contributed by atoms with Crippen molar-refractivity contribution >= 4 is 33.7 Å². The highest BCUT2D eigenvalue weighted by Crippen LogP contribution is 2.14. The van der Waals surface area contributed by atoms with Gasteiger partial charge in [0.25, 0.3) is 5.91 Å². The van der Waals surface area contributed by atoms with Crippen molar-refractivity contribution in [3.05, 3.63) is 59.1 Å². The van der Waals surface area contributed by atoms with E-state index in [4.69, 9.17) is 16.3 Å². The van der Waals surface area contributed by atoms with Gasteiger partial charge in [-0.25, -0.2) is 17.9 Å². The summed E-state index contributed by atoms with van der Waals surface area (Å²) in [4.78, 5) is 23.4. The summed E-state index contributed by atoms with van der Waals surface area (Å²) < 4.78 is 36.2. The molecule has 0 fully saturated rings. The second kappa shape index (κ2) is 10.1. The Bertz CT molecular complexity index is 914. The fourth-order valence-electron chi connectivity index (χ4n) is 2.08. The molecule has 2 aromatic rings. The van der Waals surface area contributed by atoms with E-state index in [9.17, 15) is 18.0 Å². The van der Waals surface area contributed by atoms with Crippen LogP contribution < -0.4 is 14.8 Å². The Balaban J connectivity index is 1.80. The maximum atomic E-state index is 12.1. The molecule has 2 N–H and O–H groups in total. The van der Waals surface area contributed by atoms with E-state index in [0.29, 0.717) is 10.6 Å². The molecule has 0 aromatic heterocycles. The number of ether oxygens (including phenoxy) is 2. The Morgan fingerprint density at radius 2 is 1.64 bits per heavy atom. The van der Waals surface area contributed by atoms with E-state index in [2.05, 4.69) is 14.8 Å². The third kappa shape index (κ3) is 6.52. The topological polar surface area (TPSA) is 111 Å². The zero-order valence-electron chi connectivity index (χ0n) is 15.0. The summed E-state index contributed by atoms with van der Waals surface area (Å²) in [5, 5.41) is 3.03. The van der Waals surface area contributed by atoms with Crippen LogP contribution >= 0.6 is 11.6 Å². The summed E-state index contributed by atoms with van der Waals surface area (Å²) in [5.74, 6) is -0.154. The molecule has 0 aliphatic rings. The molecule has 0 aliphatic carbocycles. The number of hydrogen-bond donors (Lipinski definition) is 2. The van der Waals surface area contributed by atoms with E-state index in [0.717, 1.165) is 0 Å². The molecule has 1 amide bonds. The quantitative estimate of drug-likeness (QED) is 0.381. The molecule has 0 aliphatic heterocycles. The first-order valence-electron chi connectivity index (χ1n) is 8.30. The van der Waals surface area contributed by atoms with Crippen LogP contribution in [0.25, 0.3) is 0 Å². The van der Waals surface area contributed by atoms with Crippen molar-refractivity contribution in [1.29, 1.82) is 0 Å². The normalized spacial score (nSPS) is 10.9. The summed E-state index contributed by atoms with van der Waals surface area (Å²) in [7, 11) is -3.68. The van der Waals surface area contributed by atoms with E-state index in [1.165, 1.54) is 48.5 Å². The first kappa shape index (κ1) is 21.7. The summed E-state index contributed by atoms with van der Waals surface area (Å²) >= 11 is 5.74. The van der Waals surface area contributed by atoms with E-state index in [1.54, 1.807) is 6.92 Å². The molecule has 28 heavy (non-hydrogen) atoms. The van der Waals surface area contributed by atoms with Crippen LogP contribution in [0.4, 0.5) is 4.79 Å². The molecular formula is C18H19ClN2O6S. The maximum absolute atomic E-state index is 12.1. The number of rotatable bonds is 8. The number of hydrogen-bond acceptors (Lipinski definition) is 6. The molecule has 10 heteroatoms. The van der Waals surface area contributed by atoms with Crippen molar-refractivity contribution < 1.29 is 27.5 Å². The van der Waals surface area contributed by atoms with E-state index in [-0.39, 0.29) is 30.3 Å². The number of amides is 1. The van der Waals surface area contributed by atoms with Crippen molar-refractivity contribution in [3.8, 4) is 5.75 Å². The minimum Gasteiger partial charge on any atom is -0.434 e. The molecule has 2 rings (SSSR count). The maximum Gasteiger partial charge on any atom is 0.513 e. The van der Waals surface area contributed by atoms with Crippen molar-refractivity contribution in [2.24, 2.45) is 0 Å². The lowest BCUT2D eigenvalue weighted by Crippen LogP contribution is -2.34. The number of carbonyl (C=O) groups is 2. The van der Waals surface area contributed by atoms with Crippen molar-refractivity contribution in [2.45, 2.75) is 11.8 Å². The monoisotopic (exact) mass is 426 g/mol. The fourth-order valence-corrected chi connectivity index (χ4v) is 3.24. The Morgan fingerprint density at radius 1 is 1.00 bits per heavy atom. The standard InChI is InChI=1S/C18H19ClN2O6S/c1-2-26-18(23)27-15-7-3-13(4-8-15)17(22)20-11-12-21-28(24,25)16-9-5-14(19)6-10-16/h3-10,21H,2,11-12H2,1H3,(H,20,22). The van der Waals surface area contributed by atoms with Crippen LogP contribution in [0.2, 0.25) is 5.02 Å².